The van der Waals surface area contributed by atoms with Crippen molar-refractivity contribution in [1.82, 2.24) is 5.43 Å². The minimum Gasteiger partial charge on any atom is -0.350 e. The minimum atomic E-state index is -0.648. The number of nitrogens with one attached hydrogen (secondary N) is 1. The van der Waals surface area contributed by atoms with Gasteiger partial charge in [0.25, 0.3) is 0 Å². The lowest BCUT2D eigenvalue weighted by Gasteiger charge is -2.11. The Morgan fingerprint density at radius 2 is 1.36 bits per heavy atom. The Hall–Kier alpha value is -1.39. The molecule has 0 aliphatic heterocycles. The monoisotopic (exact) mass is 308 g/mol. The van der Waals surface area contributed by atoms with Gasteiger partial charge in [-0.05, 0) is 38.5 Å². The lowest BCUT2D eigenvalue weighted by molar-refractivity contribution is 0.248. The molecule has 5 nitrogen and oxygen atoms in total. The van der Waals surface area contributed by atoms with E-state index >= 15 is 0 Å². The third kappa shape index (κ3) is 11.3. The quantitative estimate of drug-likeness (QED) is 0.418. The highest BCUT2D eigenvalue weighted by Gasteiger charge is 2.07. The van der Waals surface area contributed by atoms with E-state index in [-0.39, 0.29) is 6.04 Å². The molecule has 2 amide bonds. The number of urea groups is 1. The van der Waals surface area contributed by atoms with Crippen LogP contribution in [0.15, 0.2) is 22.5 Å². The Balaban J connectivity index is 2.35. The number of allylic oxidation sites excluding steroid dienone is 2. The van der Waals surface area contributed by atoms with Gasteiger partial charge < -0.3 is 5.73 Å². The molecule has 0 radical (unpaired) electrons. The fourth-order valence-electron chi connectivity index (χ4n) is 2.82. The van der Waals surface area contributed by atoms with Gasteiger partial charge in [-0.1, -0.05) is 62.3 Å². The SMILES string of the molecule is NC(=O)NN=NC1CCCCCCC=CCCCCCCC1. The Labute approximate surface area is 134 Å². The molecule has 3 N–H and O–H groups in total. The highest BCUT2D eigenvalue weighted by atomic mass is 16.2. The fraction of sp³-hybridized carbons (Fsp3) is 0.824. The molecule has 1 aliphatic rings. The Bertz CT molecular complexity index is 342. The van der Waals surface area contributed by atoms with E-state index in [1.165, 1.54) is 70.6 Å². The molecule has 1 rings (SSSR count). The van der Waals surface area contributed by atoms with Gasteiger partial charge in [-0.25, -0.2) is 10.2 Å². The smallest absolute Gasteiger partial charge is 0.333 e. The molecule has 0 fully saturated rings. The number of carbonyl (C=O) groups excluding carboxylic acids is 1. The van der Waals surface area contributed by atoms with Crippen molar-refractivity contribution in [3.8, 4) is 0 Å². The Morgan fingerprint density at radius 1 is 0.864 bits per heavy atom. The summed E-state index contributed by atoms with van der Waals surface area (Å²) >= 11 is 0. The summed E-state index contributed by atoms with van der Waals surface area (Å²) in [5, 5.41) is 7.94. The standard InChI is InChI=1S/C17H32N4O/c18-17(22)20-21-19-16-14-12-10-8-6-4-2-1-3-5-7-9-11-13-15-16/h1-2,16H,3-15H2,(H3,18,19,20,22). The van der Waals surface area contributed by atoms with Crippen LogP contribution < -0.4 is 11.2 Å². The van der Waals surface area contributed by atoms with Gasteiger partial charge in [-0.2, -0.15) is 5.11 Å². The van der Waals surface area contributed by atoms with Crippen molar-refractivity contribution in [2.24, 2.45) is 16.1 Å². The van der Waals surface area contributed by atoms with Crippen LogP contribution in [0.25, 0.3) is 0 Å². The fourth-order valence-corrected chi connectivity index (χ4v) is 2.82. The topological polar surface area (TPSA) is 79.8 Å². The zero-order valence-electron chi connectivity index (χ0n) is 13.8. The lowest BCUT2D eigenvalue weighted by atomic mass is 10.0. The summed E-state index contributed by atoms with van der Waals surface area (Å²) in [7, 11) is 0. The second kappa shape index (κ2) is 13.3. The number of carbonyl (C=O) groups is 1. The number of nitrogens with two attached hydrogens (primary N) is 1. The van der Waals surface area contributed by atoms with Crippen LogP contribution in [0.5, 0.6) is 0 Å². The Morgan fingerprint density at radius 3 is 1.91 bits per heavy atom. The van der Waals surface area contributed by atoms with Gasteiger partial charge in [0.1, 0.15) is 0 Å². The summed E-state index contributed by atoms with van der Waals surface area (Å²) in [6.07, 6.45) is 20.7. The molecule has 0 heterocycles. The van der Waals surface area contributed by atoms with Crippen LogP contribution in [0.4, 0.5) is 4.79 Å². The molecule has 1 unspecified atom stereocenters. The van der Waals surface area contributed by atoms with E-state index in [4.69, 9.17) is 5.73 Å². The zero-order chi connectivity index (χ0) is 15.9. The first-order valence-corrected chi connectivity index (χ1v) is 8.89. The Kier molecular flexibility index (Phi) is 11.3. The maximum absolute atomic E-state index is 10.6. The molecular weight excluding hydrogens is 276 g/mol. The van der Waals surface area contributed by atoms with Gasteiger partial charge in [-0.3, -0.25) is 0 Å². The van der Waals surface area contributed by atoms with Crippen molar-refractivity contribution in [3.63, 3.8) is 0 Å². The zero-order valence-corrected chi connectivity index (χ0v) is 13.8. The highest BCUT2D eigenvalue weighted by Crippen LogP contribution is 2.17. The molecule has 0 aromatic carbocycles. The molecule has 0 spiro atoms. The maximum Gasteiger partial charge on any atom is 0.333 e. The van der Waals surface area contributed by atoms with E-state index in [0.717, 1.165) is 12.8 Å². The van der Waals surface area contributed by atoms with E-state index in [1.54, 1.807) is 0 Å². The molecule has 0 saturated carbocycles. The van der Waals surface area contributed by atoms with Crippen molar-refractivity contribution in [2.45, 2.75) is 89.5 Å². The van der Waals surface area contributed by atoms with E-state index in [1.807, 2.05) is 0 Å². The number of hydrogen-bond donors (Lipinski definition) is 2. The summed E-state index contributed by atoms with van der Waals surface area (Å²) in [5.41, 5.74) is 7.20. The van der Waals surface area contributed by atoms with Crippen LogP contribution >= 0.6 is 0 Å². The maximum atomic E-state index is 10.6. The van der Waals surface area contributed by atoms with Gasteiger partial charge in [0.15, 0.2) is 0 Å². The predicted molar refractivity (Wildman–Crippen MR) is 90.5 cm³/mol. The first-order chi connectivity index (χ1) is 10.8. The van der Waals surface area contributed by atoms with Crippen LogP contribution in [-0.2, 0) is 0 Å². The molecule has 0 saturated heterocycles. The molecule has 1 aliphatic carbocycles. The second-order valence-electron chi connectivity index (χ2n) is 6.15. The van der Waals surface area contributed by atoms with Crippen LogP contribution in [0.3, 0.4) is 0 Å². The number of rotatable bonds is 2. The van der Waals surface area contributed by atoms with Crippen molar-refractivity contribution in [2.75, 3.05) is 0 Å². The summed E-state index contributed by atoms with van der Waals surface area (Å²) in [5.74, 6) is 0. The molecule has 126 valence electrons. The van der Waals surface area contributed by atoms with Gasteiger partial charge in [0.05, 0.1) is 6.04 Å². The summed E-state index contributed by atoms with van der Waals surface area (Å²) in [6, 6.07) is -0.426. The van der Waals surface area contributed by atoms with Crippen LogP contribution in [0.2, 0.25) is 0 Å². The first kappa shape index (κ1) is 18.7. The van der Waals surface area contributed by atoms with E-state index in [9.17, 15) is 4.79 Å². The van der Waals surface area contributed by atoms with Gasteiger partial charge in [-0.15, -0.1) is 0 Å². The van der Waals surface area contributed by atoms with Crippen molar-refractivity contribution >= 4 is 6.03 Å². The van der Waals surface area contributed by atoms with E-state index in [0.29, 0.717) is 0 Å². The van der Waals surface area contributed by atoms with Crippen LogP contribution in [0.1, 0.15) is 83.5 Å². The number of nitrogens with zero attached hydrogens (tertiary/aromatic N) is 2. The van der Waals surface area contributed by atoms with E-state index < -0.39 is 6.03 Å². The van der Waals surface area contributed by atoms with Crippen LogP contribution in [-0.4, -0.2) is 12.1 Å². The minimum absolute atomic E-state index is 0.222. The van der Waals surface area contributed by atoms with E-state index in [2.05, 4.69) is 27.9 Å². The first-order valence-electron chi connectivity index (χ1n) is 8.89. The lowest BCUT2D eigenvalue weighted by Crippen LogP contribution is -2.24. The van der Waals surface area contributed by atoms with Gasteiger partial charge >= 0.3 is 6.03 Å². The molecule has 22 heavy (non-hydrogen) atoms. The number of hydrogen-bond acceptors (Lipinski definition) is 3. The molecule has 0 aromatic rings. The molecule has 0 aromatic heterocycles. The average molecular weight is 308 g/mol. The molecule has 1 atom stereocenters. The summed E-state index contributed by atoms with van der Waals surface area (Å²) in [4.78, 5) is 10.6. The van der Waals surface area contributed by atoms with Crippen LogP contribution in [0, 0.1) is 0 Å². The molecule has 0 bridgehead atoms. The third-order valence-corrected chi connectivity index (χ3v) is 4.11. The average Bonchev–Trinajstić information content (AvgIpc) is 2.48. The van der Waals surface area contributed by atoms with Crippen molar-refractivity contribution < 1.29 is 4.79 Å². The van der Waals surface area contributed by atoms with Crippen molar-refractivity contribution in [1.29, 1.82) is 0 Å². The summed E-state index contributed by atoms with van der Waals surface area (Å²) in [6.45, 7) is 0. The normalized spacial score (nSPS) is 23.4. The number of amides is 2. The largest absolute Gasteiger partial charge is 0.350 e. The van der Waals surface area contributed by atoms with Gasteiger partial charge in [0, 0.05) is 0 Å². The third-order valence-electron chi connectivity index (χ3n) is 4.11. The molecular formula is C17H32N4O. The predicted octanol–water partition coefficient (Wildman–Crippen LogP) is 5.03. The van der Waals surface area contributed by atoms with Crippen molar-refractivity contribution in [3.05, 3.63) is 12.2 Å². The number of primary amides is 1. The molecule has 5 heteroatoms. The second-order valence-corrected chi connectivity index (χ2v) is 6.15. The van der Waals surface area contributed by atoms with Gasteiger partial charge in [0.2, 0.25) is 0 Å². The summed E-state index contributed by atoms with van der Waals surface area (Å²) < 4.78 is 0. The highest BCUT2D eigenvalue weighted by molar-refractivity contribution is 5.70.